The van der Waals surface area contributed by atoms with Crippen molar-refractivity contribution in [3.05, 3.63) is 35.1 Å². The van der Waals surface area contributed by atoms with Crippen LogP contribution in [0.2, 0.25) is 0 Å². The summed E-state index contributed by atoms with van der Waals surface area (Å²) in [5.74, 6) is 1.03. The number of hydrogen-bond donors (Lipinski definition) is 1. The zero-order valence-corrected chi connectivity index (χ0v) is 14.3. The van der Waals surface area contributed by atoms with Gasteiger partial charge in [-0.2, -0.15) is 5.10 Å². The molecule has 3 heterocycles. The monoisotopic (exact) mass is 344 g/mol. The summed E-state index contributed by atoms with van der Waals surface area (Å²) in [7, 11) is 0. The molecule has 0 unspecified atom stereocenters. The first-order valence-electron chi connectivity index (χ1n) is 8.99. The van der Waals surface area contributed by atoms with Gasteiger partial charge in [0.25, 0.3) is 5.56 Å². The molecule has 134 valence electrons. The van der Waals surface area contributed by atoms with Gasteiger partial charge in [0.05, 0.1) is 5.60 Å². The third-order valence-electron chi connectivity index (χ3n) is 5.45. The molecule has 2 aliphatic rings. The second-order valence-electron chi connectivity index (χ2n) is 7.35. The fourth-order valence-electron chi connectivity index (χ4n) is 3.75. The molecular weight excluding hydrogens is 320 g/mol. The zero-order chi connectivity index (χ0) is 17.3. The Bertz CT molecular complexity index is 760. The van der Waals surface area contributed by atoms with Crippen molar-refractivity contribution in [2.75, 3.05) is 19.6 Å². The van der Waals surface area contributed by atoms with E-state index in [-0.39, 0.29) is 5.56 Å². The van der Waals surface area contributed by atoms with Gasteiger partial charge in [-0.3, -0.25) is 4.79 Å². The van der Waals surface area contributed by atoms with Gasteiger partial charge in [-0.1, -0.05) is 0 Å². The molecule has 8 heteroatoms. The van der Waals surface area contributed by atoms with E-state index in [1.165, 1.54) is 17.1 Å². The molecule has 2 aromatic heterocycles. The first-order valence-corrected chi connectivity index (χ1v) is 8.99. The normalized spacial score (nSPS) is 21.2. The van der Waals surface area contributed by atoms with Crippen LogP contribution in [0.25, 0.3) is 5.82 Å². The minimum Gasteiger partial charge on any atom is -0.389 e. The minimum absolute atomic E-state index is 0.0879. The zero-order valence-electron chi connectivity index (χ0n) is 14.3. The molecular formula is C17H24N6O2. The summed E-state index contributed by atoms with van der Waals surface area (Å²) in [5, 5.41) is 18.8. The maximum atomic E-state index is 12.1. The summed E-state index contributed by atoms with van der Waals surface area (Å²) in [6, 6.07) is 3.20. The number of rotatable bonds is 5. The van der Waals surface area contributed by atoms with Crippen molar-refractivity contribution in [3.8, 4) is 5.82 Å². The fraction of sp³-hybridized carbons (Fsp3) is 0.647. The van der Waals surface area contributed by atoms with Crippen LogP contribution >= 0.6 is 0 Å². The van der Waals surface area contributed by atoms with Crippen molar-refractivity contribution in [1.82, 2.24) is 29.4 Å². The molecule has 8 nitrogen and oxygen atoms in total. The first kappa shape index (κ1) is 16.4. The predicted octanol–water partition coefficient (Wildman–Crippen LogP) is 0.451. The van der Waals surface area contributed by atoms with E-state index in [0.717, 1.165) is 51.7 Å². The molecule has 0 radical (unpaired) electrons. The highest BCUT2D eigenvalue weighted by molar-refractivity contribution is 5.16. The third-order valence-corrected chi connectivity index (χ3v) is 5.45. The summed E-state index contributed by atoms with van der Waals surface area (Å²) >= 11 is 0. The summed E-state index contributed by atoms with van der Waals surface area (Å²) in [6.07, 6.45) is 8.07. The van der Waals surface area contributed by atoms with Gasteiger partial charge >= 0.3 is 0 Å². The van der Waals surface area contributed by atoms with Crippen LogP contribution in [0.15, 0.2) is 29.6 Å². The summed E-state index contributed by atoms with van der Waals surface area (Å²) in [5.41, 5.74) is -0.535. The number of aromatic nitrogens is 5. The SMILES string of the molecule is O=c1ccc(-n2cncn2)nn1CC1CCN(CC2(O)CCC2)CC1. The van der Waals surface area contributed by atoms with Crippen molar-refractivity contribution in [1.29, 1.82) is 0 Å². The van der Waals surface area contributed by atoms with Crippen LogP contribution in [0.1, 0.15) is 32.1 Å². The van der Waals surface area contributed by atoms with Gasteiger partial charge in [0, 0.05) is 19.2 Å². The molecule has 1 saturated carbocycles. The van der Waals surface area contributed by atoms with Crippen LogP contribution < -0.4 is 5.56 Å². The Kier molecular flexibility index (Phi) is 4.39. The quantitative estimate of drug-likeness (QED) is 0.847. The number of β-amino-alcohol motifs (C(OH)–C–C–N with tert-alkyl or cyclic N) is 1. The van der Waals surface area contributed by atoms with Crippen molar-refractivity contribution >= 4 is 0 Å². The highest BCUT2D eigenvalue weighted by Crippen LogP contribution is 2.33. The van der Waals surface area contributed by atoms with Gasteiger partial charge in [-0.05, 0) is 57.2 Å². The minimum atomic E-state index is -0.447. The first-order chi connectivity index (χ1) is 12.1. The van der Waals surface area contributed by atoms with E-state index in [1.807, 2.05) is 0 Å². The molecule has 1 aliphatic carbocycles. The van der Waals surface area contributed by atoms with Crippen LogP contribution in [0.5, 0.6) is 0 Å². The lowest BCUT2D eigenvalue weighted by molar-refractivity contribution is -0.0640. The molecule has 2 fully saturated rings. The van der Waals surface area contributed by atoms with E-state index >= 15 is 0 Å². The lowest BCUT2D eigenvalue weighted by Crippen LogP contribution is -2.50. The van der Waals surface area contributed by atoms with Gasteiger partial charge in [0.2, 0.25) is 0 Å². The number of nitrogens with zero attached hydrogens (tertiary/aromatic N) is 6. The molecule has 0 aromatic carbocycles. The van der Waals surface area contributed by atoms with Crippen molar-refractivity contribution < 1.29 is 5.11 Å². The van der Waals surface area contributed by atoms with Crippen LogP contribution in [-0.4, -0.2) is 59.8 Å². The Morgan fingerprint density at radius 2 is 2.04 bits per heavy atom. The van der Waals surface area contributed by atoms with Gasteiger partial charge in [-0.25, -0.2) is 14.3 Å². The van der Waals surface area contributed by atoms with E-state index in [9.17, 15) is 9.90 Å². The van der Waals surface area contributed by atoms with E-state index in [0.29, 0.717) is 18.3 Å². The Balaban J connectivity index is 1.37. The Hall–Kier alpha value is -2.06. The van der Waals surface area contributed by atoms with Crippen LogP contribution in [-0.2, 0) is 6.54 Å². The average Bonchev–Trinajstić information content (AvgIpc) is 3.12. The lowest BCUT2D eigenvalue weighted by Gasteiger charge is -2.42. The second kappa shape index (κ2) is 6.68. The fourth-order valence-corrected chi connectivity index (χ4v) is 3.75. The molecule has 0 atom stereocenters. The second-order valence-corrected chi connectivity index (χ2v) is 7.35. The number of piperidine rings is 1. The maximum Gasteiger partial charge on any atom is 0.266 e. The number of hydrogen-bond acceptors (Lipinski definition) is 6. The largest absolute Gasteiger partial charge is 0.389 e. The Labute approximate surface area is 146 Å². The van der Waals surface area contributed by atoms with Gasteiger partial charge < -0.3 is 10.0 Å². The average molecular weight is 344 g/mol. The standard InChI is InChI=1S/C17H24N6O2/c24-16-3-2-15(23-13-18-12-19-23)20-22(16)10-14-4-8-21(9-5-14)11-17(25)6-1-7-17/h2-3,12-14,25H,1,4-11H2. The smallest absolute Gasteiger partial charge is 0.266 e. The lowest BCUT2D eigenvalue weighted by atomic mass is 9.79. The van der Waals surface area contributed by atoms with E-state index < -0.39 is 5.60 Å². The number of aliphatic hydroxyl groups is 1. The van der Waals surface area contributed by atoms with Gasteiger partial charge in [0.1, 0.15) is 12.7 Å². The molecule has 0 amide bonds. The topological polar surface area (TPSA) is 89.1 Å². The van der Waals surface area contributed by atoms with Gasteiger partial charge in [-0.15, -0.1) is 5.10 Å². The molecule has 0 bridgehead atoms. The molecule has 1 N–H and O–H groups in total. The van der Waals surface area contributed by atoms with E-state index in [2.05, 4.69) is 20.1 Å². The maximum absolute atomic E-state index is 12.1. The molecule has 1 saturated heterocycles. The van der Waals surface area contributed by atoms with Crippen LogP contribution in [0.4, 0.5) is 0 Å². The summed E-state index contributed by atoms with van der Waals surface area (Å²) in [6.45, 7) is 3.37. The van der Waals surface area contributed by atoms with Gasteiger partial charge in [0.15, 0.2) is 5.82 Å². The summed E-state index contributed by atoms with van der Waals surface area (Å²) < 4.78 is 3.09. The highest BCUT2D eigenvalue weighted by atomic mass is 16.3. The van der Waals surface area contributed by atoms with Crippen molar-refractivity contribution in [2.45, 2.75) is 44.2 Å². The molecule has 2 aromatic rings. The number of likely N-dealkylation sites (tertiary alicyclic amines) is 1. The molecule has 4 rings (SSSR count). The van der Waals surface area contributed by atoms with E-state index in [4.69, 9.17) is 0 Å². The Morgan fingerprint density at radius 3 is 2.68 bits per heavy atom. The van der Waals surface area contributed by atoms with Crippen molar-refractivity contribution in [2.24, 2.45) is 5.92 Å². The van der Waals surface area contributed by atoms with Crippen LogP contribution in [0, 0.1) is 5.92 Å². The van der Waals surface area contributed by atoms with Crippen LogP contribution in [0.3, 0.4) is 0 Å². The summed E-state index contributed by atoms with van der Waals surface area (Å²) in [4.78, 5) is 18.4. The van der Waals surface area contributed by atoms with Crippen molar-refractivity contribution in [3.63, 3.8) is 0 Å². The predicted molar refractivity (Wildman–Crippen MR) is 91.4 cm³/mol. The highest BCUT2D eigenvalue weighted by Gasteiger charge is 2.36. The van der Waals surface area contributed by atoms with E-state index in [1.54, 1.807) is 17.1 Å². The molecule has 1 aliphatic heterocycles. The third kappa shape index (κ3) is 3.64. The Morgan fingerprint density at radius 1 is 1.24 bits per heavy atom. The molecule has 0 spiro atoms. The molecule has 25 heavy (non-hydrogen) atoms.